The number of ether oxygens (including phenoxy) is 1. The second-order valence-electron chi connectivity index (χ2n) is 3.14. The summed E-state index contributed by atoms with van der Waals surface area (Å²) >= 11 is 0. The number of nitrogens with zero attached hydrogens (tertiary/aromatic N) is 2. The van der Waals surface area contributed by atoms with E-state index in [-0.39, 0.29) is 0 Å². The number of nitrogen functional groups attached to an aromatic ring is 1. The monoisotopic (exact) mass is 211 g/mol. The van der Waals surface area contributed by atoms with Gasteiger partial charge in [0, 0.05) is 6.20 Å². The maximum absolute atomic E-state index is 8.74. The Hall–Kier alpha value is -2.54. The van der Waals surface area contributed by atoms with Crippen molar-refractivity contribution < 1.29 is 4.74 Å². The highest BCUT2D eigenvalue weighted by Gasteiger charge is 2.02. The fourth-order valence-electron chi connectivity index (χ4n) is 1.23. The van der Waals surface area contributed by atoms with Crippen LogP contribution in [0.4, 0.5) is 5.69 Å². The second kappa shape index (κ2) is 4.32. The van der Waals surface area contributed by atoms with Crippen molar-refractivity contribution in [2.24, 2.45) is 0 Å². The summed E-state index contributed by atoms with van der Waals surface area (Å²) in [5.41, 5.74) is 6.68. The highest BCUT2D eigenvalue weighted by Crippen LogP contribution is 2.24. The molecular weight excluding hydrogens is 202 g/mol. The fourth-order valence-corrected chi connectivity index (χ4v) is 1.23. The molecule has 1 heterocycles. The van der Waals surface area contributed by atoms with Crippen LogP contribution in [0.3, 0.4) is 0 Å². The minimum absolute atomic E-state index is 0.345. The zero-order chi connectivity index (χ0) is 11.4. The Morgan fingerprint density at radius 2 is 2.12 bits per heavy atom. The lowest BCUT2D eigenvalue weighted by atomic mass is 10.2. The van der Waals surface area contributed by atoms with Gasteiger partial charge in [-0.2, -0.15) is 5.26 Å². The summed E-state index contributed by atoms with van der Waals surface area (Å²) in [4.78, 5) is 4.00. The van der Waals surface area contributed by atoms with E-state index in [9.17, 15) is 0 Å². The normalized spacial score (nSPS) is 9.44. The van der Waals surface area contributed by atoms with Crippen molar-refractivity contribution in [3.8, 4) is 17.7 Å². The molecule has 16 heavy (non-hydrogen) atoms. The first-order valence-electron chi connectivity index (χ1n) is 4.68. The summed E-state index contributed by atoms with van der Waals surface area (Å²) in [7, 11) is 0. The Balaban J connectivity index is 2.28. The van der Waals surface area contributed by atoms with Crippen molar-refractivity contribution in [1.82, 2.24) is 4.98 Å². The highest BCUT2D eigenvalue weighted by molar-refractivity contribution is 5.49. The number of pyridine rings is 1. The summed E-state index contributed by atoms with van der Waals surface area (Å²) in [6.45, 7) is 0. The van der Waals surface area contributed by atoms with Gasteiger partial charge in [0.05, 0.1) is 17.3 Å². The van der Waals surface area contributed by atoms with Crippen LogP contribution in [0.2, 0.25) is 0 Å². The molecule has 0 amide bonds. The van der Waals surface area contributed by atoms with Crippen molar-refractivity contribution in [2.45, 2.75) is 0 Å². The molecule has 0 atom stereocenters. The number of hydrogen-bond acceptors (Lipinski definition) is 4. The second-order valence-corrected chi connectivity index (χ2v) is 3.14. The summed E-state index contributed by atoms with van der Waals surface area (Å²) < 4.78 is 5.46. The maximum Gasteiger partial charge on any atom is 0.242 e. The summed E-state index contributed by atoms with van der Waals surface area (Å²) in [5.74, 6) is 0.891. The summed E-state index contributed by atoms with van der Waals surface area (Å²) in [6.07, 6.45) is 1.60. The van der Waals surface area contributed by atoms with Gasteiger partial charge >= 0.3 is 0 Å². The largest absolute Gasteiger partial charge is 0.437 e. The predicted octanol–water partition coefficient (Wildman–Crippen LogP) is 2.33. The molecule has 0 radical (unpaired) electrons. The third-order valence-corrected chi connectivity index (χ3v) is 1.98. The predicted molar refractivity (Wildman–Crippen MR) is 59.9 cm³/mol. The average Bonchev–Trinajstić information content (AvgIpc) is 2.32. The molecule has 2 rings (SSSR count). The van der Waals surface area contributed by atoms with Gasteiger partial charge in [-0.25, -0.2) is 4.98 Å². The van der Waals surface area contributed by atoms with Gasteiger partial charge in [-0.3, -0.25) is 0 Å². The van der Waals surface area contributed by atoms with E-state index in [2.05, 4.69) is 4.98 Å². The molecular formula is C12H9N3O. The molecule has 0 unspecified atom stereocenters. The van der Waals surface area contributed by atoms with E-state index in [1.165, 1.54) is 0 Å². The Kier molecular flexibility index (Phi) is 2.70. The van der Waals surface area contributed by atoms with E-state index >= 15 is 0 Å². The van der Waals surface area contributed by atoms with Crippen LogP contribution in [0.1, 0.15) is 5.56 Å². The molecule has 0 saturated heterocycles. The molecule has 0 saturated carbocycles. The minimum atomic E-state index is 0.345. The molecule has 0 aliphatic carbocycles. The van der Waals surface area contributed by atoms with Gasteiger partial charge in [-0.05, 0) is 30.3 Å². The molecule has 0 aliphatic heterocycles. The van der Waals surface area contributed by atoms with Crippen molar-refractivity contribution in [3.63, 3.8) is 0 Å². The van der Waals surface area contributed by atoms with Gasteiger partial charge in [-0.1, -0.05) is 6.07 Å². The van der Waals surface area contributed by atoms with Crippen molar-refractivity contribution >= 4 is 5.69 Å². The number of aromatic nitrogens is 1. The smallest absolute Gasteiger partial charge is 0.242 e. The van der Waals surface area contributed by atoms with E-state index in [1.54, 1.807) is 42.6 Å². The topological polar surface area (TPSA) is 71.9 Å². The zero-order valence-corrected chi connectivity index (χ0v) is 8.42. The Morgan fingerprint density at radius 1 is 1.25 bits per heavy atom. The molecule has 0 aliphatic rings. The molecule has 4 nitrogen and oxygen atoms in total. The van der Waals surface area contributed by atoms with Gasteiger partial charge in [0.1, 0.15) is 5.75 Å². The molecule has 4 heteroatoms. The SMILES string of the molecule is N#Cc1cccc(Oc2ncccc2N)c1. The van der Waals surface area contributed by atoms with Crippen molar-refractivity contribution in [3.05, 3.63) is 48.2 Å². The van der Waals surface area contributed by atoms with Crippen LogP contribution < -0.4 is 10.5 Å². The molecule has 2 aromatic rings. The van der Waals surface area contributed by atoms with E-state index < -0.39 is 0 Å². The number of nitrogens with two attached hydrogens (primary N) is 1. The van der Waals surface area contributed by atoms with Gasteiger partial charge < -0.3 is 10.5 Å². The Morgan fingerprint density at radius 3 is 2.88 bits per heavy atom. The van der Waals surface area contributed by atoms with Crippen LogP contribution in [-0.2, 0) is 0 Å². The molecule has 0 bridgehead atoms. The average molecular weight is 211 g/mol. The number of benzene rings is 1. The highest BCUT2D eigenvalue weighted by atomic mass is 16.5. The quantitative estimate of drug-likeness (QED) is 0.827. The molecule has 0 fully saturated rings. The lowest BCUT2D eigenvalue weighted by Crippen LogP contribution is -1.94. The van der Waals surface area contributed by atoms with Gasteiger partial charge in [0.2, 0.25) is 5.88 Å². The molecule has 1 aromatic heterocycles. The maximum atomic E-state index is 8.74. The lowest BCUT2D eigenvalue weighted by molar-refractivity contribution is 0.465. The number of rotatable bonds is 2. The zero-order valence-electron chi connectivity index (χ0n) is 8.42. The van der Waals surface area contributed by atoms with Gasteiger partial charge in [-0.15, -0.1) is 0 Å². The first kappa shape index (κ1) is 9.99. The van der Waals surface area contributed by atoms with Crippen molar-refractivity contribution in [1.29, 1.82) is 5.26 Å². The van der Waals surface area contributed by atoms with Crippen LogP contribution in [0.15, 0.2) is 42.6 Å². The molecule has 1 aromatic carbocycles. The third kappa shape index (κ3) is 2.10. The van der Waals surface area contributed by atoms with Crippen LogP contribution in [0.25, 0.3) is 0 Å². The van der Waals surface area contributed by atoms with E-state index in [4.69, 9.17) is 15.7 Å². The standard InChI is InChI=1S/C12H9N3O/c13-8-9-3-1-4-10(7-9)16-12-11(14)5-2-6-15-12/h1-7H,14H2. The minimum Gasteiger partial charge on any atom is -0.437 e. The van der Waals surface area contributed by atoms with Gasteiger partial charge in [0.25, 0.3) is 0 Å². The van der Waals surface area contributed by atoms with E-state index in [0.29, 0.717) is 22.9 Å². The van der Waals surface area contributed by atoms with Crippen LogP contribution in [0.5, 0.6) is 11.6 Å². The van der Waals surface area contributed by atoms with Crippen LogP contribution >= 0.6 is 0 Å². The van der Waals surface area contributed by atoms with Crippen LogP contribution in [-0.4, -0.2) is 4.98 Å². The fraction of sp³-hybridized carbons (Fsp3) is 0. The molecule has 0 spiro atoms. The Labute approximate surface area is 92.9 Å². The molecule has 2 N–H and O–H groups in total. The first-order valence-corrected chi connectivity index (χ1v) is 4.68. The summed E-state index contributed by atoms with van der Waals surface area (Å²) in [5, 5.41) is 8.74. The third-order valence-electron chi connectivity index (χ3n) is 1.98. The number of nitriles is 1. The van der Waals surface area contributed by atoms with Gasteiger partial charge in [0.15, 0.2) is 0 Å². The van der Waals surface area contributed by atoms with Crippen LogP contribution in [0, 0.1) is 11.3 Å². The summed E-state index contributed by atoms with van der Waals surface area (Å²) in [6, 6.07) is 12.3. The van der Waals surface area contributed by atoms with E-state index in [0.717, 1.165) is 0 Å². The Bertz CT molecular complexity index is 546. The van der Waals surface area contributed by atoms with E-state index in [1.807, 2.05) is 6.07 Å². The molecule has 78 valence electrons. The first-order chi connectivity index (χ1) is 7.79. The number of hydrogen-bond donors (Lipinski definition) is 1. The lowest BCUT2D eigenvalue weighted by Gasteiger charge is -2.06. The van der Waals surface area contributed by atoms with Crippen molar-refractivity contribution in [2.75, 3.05) is 5.73 Å². The number of anilines is 1.